The molecule has 0 amide bonds. The predicted octanol–water partition coefficient (Wildman–Crippen LogP) is 5.72. The summed E-state index contributed by atoms with van der Waals surface area (Å²) in [5.41, 5.74) is 3.13. The van der Waals surface area contributed by atoms with Gasteiger partial charge in [0.15, 0.2) is 19.7 Å². The second kappa shape index (κ2) is 12.1. The van der Waals surface area contributed by atoms with E-state index in [1.807, 2.05) is 41.3 Å². The van der Waals surface area contributed by atoms with Crippen molar-refractivity contribution in [1.29, 1.82) is 0 Å². The molecule has 1 saturated heterocycles. The Hall–Kier alpha value is -1.33. The summed E-state index contributed by atoms with van der Waals surface area (Å²) in [5.74, 6) is 0. The van der Waals surface area contributed by atoms with Crippen molar-refractivity contribution in [3.63, 3.8) is 0 Å². The van der Waals surface area contributed by atoms with E-state index in [1.54, 1.807) is 13.8 Å². The van der Waals surface area contributed by atoms with Gasteiger partial charge in [-0.15, -0.1) is 0 Å². The maximum atomic E-state index is 12.4. The lowest BCUT2D eigenvalue weighted by molar-refractivity contribution is 0.154. The van der Waals surface area contributed by atoms with Crippen LogP contribution in [0.3, 0.4) is 0 Å². The topological polar surface area (TPSA) is 118 Å². The summed E-state index contributed by atoms with van der Waals surface area (Å²) in [4.78, 5) is 11.2. The van der Waals surface area contributed by atoms with Crippen molar-refractivity contribution >= 4 is 104 Å². The van der Waals surface area contributed by atoms with E-state index < -0.39 is 25.8 Å². The number of sulfone groups is 2. The number of aromatic nitrogens is 2. The summed E-state index contributed by atoms with van der Waals surface area (Å²) in [6, 6.07) is 11.4. The maximum Gasteiger partial charge on any atom is 0.179 e. The molecule has 8 nitrogen and oxygen atoms in total. The summed E-state index contributed by atoms with van der Waals surface area (Å²) >= 11 is 10.5. The number of β-amino-alcohol motifs (C(OH)–C–C–N with tert-alkyl or cyclic N) is 1. The molecule has 1 aliphatic heterocycles. The number of aliphatic hydroxyl groups is 1. The minimum atomic E-state index is -3.42. The first-order valence-corrected chi connectivity index (χ1v) is 18.6. The van der Waals surface area contributed by atoms with Gasteiger partial charge in [0.25, 0.3) is 0 Å². The number of anilines is 1. The summed E-state index contributed by atoms with van der Waals surface area (Å²) < 4.78 is 50.2. The van der Waals surface area contributed by atoms with E-state index in [2.05, 4.69) is 55.1 Å². The largest absolute Gasteiger partial charge is 0.391 e. The smallest absolute Gasteiger partial charge is 0.179 e. The van der Waals surface area contributed by atoms with Gasteiger partial charge < -0.3 is 10.0 Å². The first kappa shape index (κ1) is 31.6. The Morgan fingerprint density at radius 1 is 0.875 bits per heavy atom. The van der Waals surface area contributed by atoms with Crippen LogP contribution in [0, 0.1) is 21.0 Å². The first-order valence-electron chi connectivity index (χ1n) is 12.3. The summed E-state index contributed by atoms with van der Waals surface area (Å²) in [5, 5.41) is 11.8. The highest BCUT2D eigenvalue weighted by molar-refractivity contribution is 14.1. The summed E-state index contributed by atoms with van der Waals surface area (Å²) in [7, 11) is -6.79. The molecule has 1 fully saturated rings. The van der Waals surface area contributed by atoms with Crippen molar-refractivity contribution in [2.24, 2.45) is 0 Å². The molecule has 3 heterocycles. The quantitative estimate of drug-likeness (QED) is 0.261. The number of aliphatic hydroxyl groups excluding tert-OH is 1. The van der Waals surface area contributed by atoms with E-state index in [-0.39, 0.29) is 14.8 Å². The highest BCUT2D eigenvalue weighted by Gasteiger charge is 2.28. The minimum absolute atomic E-state index is 0.119. The Bertz CT molecular complexity index is 1850. The van der Waals surface area contributed by atoms with Gasteiger partial charge in [0, 0.05) is 43.5 Å². The molecule has 2 aromatic carbocycles. The summed E-state index contributed by atoms with van der Waals surface area (Å²) in [6.45, 7) is 4.58. The maximum absolute atomic E-state index is 12.4. The van der Waals surface area contributed by atoms with Gasteiger partial charge in [0.2, 0.25) is 0 Å². The highest BCUT2D eigenvalue weighted by atomic mass is 127. The van der Waals surface area contributed by atoms with Gasteiger partial charge in [0.05, 0.1) is 39.2 Å². The van der Waals surface area contributed by atoms with Crippen molar-refractivity contribution < 1.29 is 21.9 Å². The average molecular weight is 828 g/mol. The number of piperidine rings is 1. The number of hydrogen-bond donors (Lipinski definition) is 1. The van der Waals surface area contributed by atoms with Crippen molar-refractivity contribution in [1.82, 2.24) is 9.97 Å². The van der Waals surface area contributed by atoms with E-state index in [1.165, 1.54) is 6.26 Å². The Kier molecular flexibility index (Phi) is 9.57. The lowest BCUT2D eigenvalue weighted by Crippen LogP contribution is -2.39. The van der Waals surface area contributed by atoms with Gasteiger partial charge in [-0.25, -0.2) is 16.8 Å². The molecule has 214 valence electrons. The number of fused-ring (bicyclic) bond motifs is 2. The molecular formula is C27H28ClI2N3O5S2. The van der Waals surface area contributed by atoms with Crippen LogP contribution in [0.1, 0.15) is 24.2 Å². The number of hydrogen-bond acceptors (Lipinski definition) is 8. The fraction of sp³-hybridized carbons (Fsp3) is 0.333. The number of benzene rings is 2. The number of rotatable bonds is 3. The Morgan fingerprint density at radius 2 is 1.38 bits per heavy atom. The first-order chi connectivity index (χ1) is 18.6. The lowest BCUT2D eigenvalue weighted by atomic mass is 10.1. The number of nitrogens with zero attached hydrogens (tertiary/aromatic N) is 3. The fourth-order valence-electron chi connectivity index (χ4n) is 4.96. The van der Waals surface area contributed by atoms with Crippen LogP contribution in [0.5, 0.6) is 0 Å². The van der Waals surface area contributed by atoms with Crippen molar-refractivity contribution in [3.8, 4) is 0 Å². The van der Waals surface area contributed by atoms with Gasteiger partial charge in [-0.3, -0.25) is 9.97 Å². The fourth-order valence-corrected chi connectivity index (χ4v) is 8.84. The SMILES string of the molecule is Cc1nc2ccc(I)cc2c(Cl)c1S(C)(=O)=O.Cc1nc2ccc(I)cc2c(N2CCC[C@@H](O)C2)c1S(C)(=O)=O. The number of pyridine rings is 2. The molecule has 40 heavy (non-hydrogen) atoms. The highest BCUT2D eigenvalue weighted by Crippen LogP contribution is 2.37. The van der Waals surface area contributed by atoms with E-state index in [0.29, 0.717) is 34.5 Å². The van der Waals surface area contributed by atoms with E-state index in [9.17, 15) is 21.9 Å². The molecule has 1 aliphatic rings. The molecule has 2 aromatic heterocycles. The standard InChI is InChI=1S/C16H19IN2O3S.C11H9ClINO2S/c1-10-16(23(2,21)22)15(19-7-3-4-12(20)9-19)13-8-11(17)5-6-14(13)18-10;1-6-11(17(2,15)16)10(12)8-5-7(13)3-4-9(8)14-6/h5-6,8,12,20H,3-4,7,9H2,1-2H3;3-5H,1-2H3/t12-;/m1./s1. The van der Waals surface area contributed by atoms with Gasteiger partial charge in [-0.2, -0.15) is 0 Å². The van der Waals surface area contributed by atoms with Gasteiger partial charge in [0.1, 0.15) is 9.79 Å². The molecule has 5 rings (SSSR count). The number of halogens is 3. The van der Waals surface area contributed by atoms with Crippen LogP contribution in [-0.4, -0.2) is 63.6 Å². The van der Waals surface area contributed by atoms with E-state index >= 15 is 0 Å². The molecule has 1 N–H and O–H groups in total. The van der Waals surface area contributed by atoms with Crippen LogP contribution in [-0.2, 0) is 19.7 Å². The molecule has 0 radical (unpaired) electrons. The zero-order valence-corrected chi connectivity index (χ0v) is 28.9. The monoisotopic (exact) mass is 827 g/mol. The van der Waals surface area contributed by atoms with Crippen molar-refractivity contribution in [3.05, 3.63) is 59.9 Å². The molecule has 4 aromatic rings. The number of aryl methyl sites for hydroxylation is 2. The third-order valence-electron chi connectivity index (χ3n) is 6.51. The van der Waals surface area contributed by atoms with Gasteiger partial charge >= 0.3 is 0 Å². The third-order valence-corrected chi connectivity index (χ3v) is 10.8. The second-order valence-electron chi connectivity index (χ2n) is 9.82. The van der Waals surface area contributed by atoms with E-state index in [0.717, 1.165) is 43.7 Å². The Balaban J connectivity index is 0.000000194. The van der Waals surface area contributed by atoms with Crippen LogP contribution in [0.2, 0.25) is 5.02 Å². The van der Waals surface area contributed by atoms with Gasteiger partial charge in [-0.05, 0) is 108 Å². The Morgan fingerprint density at radius 3 is 1.90 bits per heavy atom. The van der Waals surface area contributed by atoms with Crippen molar-refractivity contribution in [2.45, 2.75) is 42.6 Å². The summed E-state index contributed by atoms with van der Waals surface area (Å²) in [6.07, 6.45) is 3.53. The molecule has 1 atom stereocenters. The lowest BCUT2D eigenvalue weighted by Gasteiger charge is -2.34. The predicted molar refractivity (Wildman–Crippen MR) is 177 cm³/mol. The minimum Gasteiger partial charge on any atom is -0.391 e. The second-order valence-corrected chi connectivity index (χ2v) is 16.6. The zero-order valence-electron chi connectivity index (χ0n) is 22.2. The molecular weight excluding hydrogens is 800 g/mol. The molecule has 0 unspecified atom stereocenters. The average Bonchev–Trinajstić information content (AvgIpc) is 2.83. The normalized spacial score (nSPS) is 16.2. The van der Waals surface area contributed by atoms with Crippen LogP contribution in [0.4, 0.5) is 5.69 Å². The van der Waals surface area contributed by atoms with Crippen molar-refractivity contribution in [2.75, 3.05) is 30.5 Å². The molecule has 0 aliphatic carbocycles. The van der Waals surface area contributed by atoms with Crippen LogP contribution in [0.15, 0.2) is 46.2 Å². The zero-order chi connectivity index (χ0) is 29.6. The molecule has 0 saturated carbocycles. The van der Waals surface area contributed by atoms with Gasteiger partial charge in [-0.1, -0.05) is 11.6 Å². The van der Waals surface area contributed by atoms with Crippen LogP contribution < -0.4 is 4.90 Å². The Labute approximate surface area is 266 Å². The van der Waals surface area contributed by atoms with E-state index in [4.69, 9.17) is 11.6 Å². The molecule has 0 bridgehead atoms. The molecule has 0 spiro atoms. The van der Waals surface area contributed by atoms with Crippen LogP contribution >= 0.6 is 56.8 Å². The molecule has 13 heteroatoms. The van der Waals surface area contributed by atoms with Crippen LogP contribution in [0.25, 0.3) is 21.8 Å². The third kappa shape index (κ3) is 6.83.